The Morgan fingerprint density at radius 3 is 2.54 bits per heavy atom. The lowest BCUT2D eigenvalue weighted by Crippen LogP contribution is -2.39. The molecule has 0 radical (unpaired) electrons. The fraction of sp³-hybridized carbons (Fsp3) is 0.421. The highest BCUT2D eigenvalue weighted by molar-refractivity contribution is 14.0. The SMILES string of the molecule is CCNC(=NCC(C)(O)c1ccco1)N(C)Cc1ccc(SC)cc1.I. The van der Waals surface area contributed by atoms with E-state index in [2.05, 4.69) is 45.7 Å². The van der Waals surface area contributed by atoms with Crippen molar-refractivity contribution >= 4 is 41.7 Å². The second-order valence-electron chi connectivity index (χ2n) is 6.13. The summed E-state index contributed by atoms with van der Waals surface area (Å²) in [7, 11) is 1.99. The maximum absolute atomic E-state index is 10.6. The summed E-state index contributed by atoms with van der Waals surface area (Å²) < 4.78 is 5.31. The lowest BCUT2D eigenvalue weighted by atomic mass is 10.0. The van der Waals surface area contributed by atoms with Gasteiger partial charge >= 0.3 is 0 Å². The second kappa shape index (κ2) is 10.8. The van der Waals surface area contributed by atoms with Gasteiger partial charge < -0.3 is 19.7 Å². The molecule has 2 aromatic rings. The zero-order chi connectivity index (χ0) is 18.3. The minimum Gasteiger partial charge on any atom is -0.466 e. The van der Waals surface area contributed by atoms with E-state index in [1.807, 2.05) is 14.0 Å². The number of halogens is 1. The third kappa shape index (κ3) is 6.51. The summed E-state index contributed by atoms with van der Waals surface area (Å²) in [5.41, 5.74) is 0.0778. The van der Waals surface area contributed by atoms with Crippen molar-refractivity contribution in [1.82, 2.24) is 10.2 Å². The number of hydrogen-bond acceptors (Lipinski definition) is 4. The standard InChI is InChI=1S/C19H27N3O2S.HI/c1-5-20-18(21-14-19(2,23)17-7-6-12-24-17)22(3)13-15-8-10-16(25-4)11-9-15;/h6-12,23H,5,13-14H2,1-4H3,(H,20,21);1H. The van der Waals surface area contributed by atoms with Crippen LogP contribution in [0.1, 0.15) is 25.2 Å². The second-order valence-corrected chi connectivity index (χ2v) is 7.01. The highest BCUT2D eigenvalue weighted by atomic mass is 127. The topological polar surface area (TPSA) is 61.0 Å². The van der Waals surface area contributed by atoms with Crippen molar-refractivity contribution in [2.45, 2.75) is 30.9 Å². The van der Waals surface area contributed by atoms with Crippen molar-refractivity contribution in [3.63, 3.8) is 0 Å². The molecule has 0 amide bonds. The largest absolute Gasteiger partial charge is 0.466 e. The first-order chi connectivity index (χ1) is 12.0. The van der Waals surface area contributed by atoms with Gasteiger partial charge in [0.25, 0.3) is 0 Å². The van der Waals surface area contributed by atoms with Gasteiger partial charge in [0.2, 0.25) is 0 Å². The third-order valence-electron chi connectivity index (χ3n) is 3.86. The number of aliphatic hydroxyl groups is 1. The Labute approximate surface area is 177 Å². The minimum absolute atomic E-state index is 0. The summed E-state index contributed by atoms with van der Waals surface area (Å²) >= 11 is 1.73. The number of thioether (sulfide) groups is 1. The quantitative estimate of drug-likeness (QED) is 0.267. The number of furan rings is 1. The number of guanidine groups is 1. The molecule has 1 atom stereocenters. The van der Waals surface area contributed by atoms with Crippen LogP contribution in [0.5, 0.6) is 0 Å². The predicted molar refractivity (Wildman–Crippen MR) is 119 cm³/mol. The van der Waals surface area contributed by atoms with Crippen LogP contribution in [0.15, 0.2) is 57.0 Å². The summed E-state index contributed by atoms with van der Waals surface area (Å²) in [4.78, 5) is 7.89. The molecular weight excluding hydrogens is 461 g/mol. The van der Waals surface area contributed by atoms with Crippen LogP contribution in [-0.4, -0.2) is 42.4 Å². The molecule has 26 heavy (non-hydrogen) atoms. The highest BCUT2D eigenvalue weighted by Gasteiger charge is 2.26. The van der Waals surface area contributed by atoms with Crippen LogP contribution in [0.4, 0.5) is 0 Å². The average Bonchev–Trinajstić information content (AvgIpc) is 3.15. The average molecular weight is 489 g/mol. The molecule has 1 aromatic heterocycles. The highest BCUT2D eigenvalue weighted by Crippen LogP contribution is 2.21. The molecule has 1 heterocycles. The van der Waals surface area contributed by atoms with Gasteiger partial charge in [-0.05, 0) is 49.9 Å². The first kappa shape index (κ1) is 22.9. The Hall–Kier alpha value is -1.19. The van der Waals surface area contributed by atoms with Crippen LogP contribution >= 0.6 is 35.7 Å². The van der Waals surface area contributed by atoms with Gasteiger partial charge in [0.1, 0.15) is 11.4 Å². The number of nitrogens with zero attached hydrogens (tertiary/aromatic N) is 2. The maximum atomic E-state index is 10.6. The fourth-order valence-corrected chi connectivity index (χ4v) is 2.85. The van der Waals surface area contributed by atoms with E-state index in [-0.39, 0.29) is 30.5 Å². The maximum Gasteiger partial charge on any atom is 0.194 e. The number of benzene rings is 1. The van der Waals surface area contributed by atoms with Gasteiger partial charge in [-0.2, -0.15) is 0 Å². The number of nitrogens with one attached hydrogen (secondary N) is 1. The van der Waals surface area contributed by atoms with E-state index in [0.29, 0.717) is 5.76 Å². The van der Waals surface area contributed by atoms with E-state index in [9.17, 15) is 5.11 Å². The fourth-order valence-electron chi connectivity index (χ4n) is 2.44. The molecule has 0 bridgehead atoms. The molecule has 2 rings (SSSR count). The van der Waals surface area contributed by atoms with Crippen LogP contribution in [0.25, 0.3) is 0 Å². The van der Waals surface area contributed by atoms with Crippen LogP contribution in [0.3, 0.4) is 0 Å². The Bertz CT molecular complexity index is 673. The molecule has 7 heteroatoms. The molecule has 0 fully saturated rings. The van der Waals surface area contributed by atoms with Crippen molar-refractivity contribution in [1.29, 1.82) is 0 Å². The zero-order valence-corrected chi connectivity index (χ0v) is 18.9. The summed E-state index contributed by atoms with van der Waals surface area (Å²) in [6, 6.07) is 12.0. The lowest BCUT2D eigenvalue weighted by molar-refractivity contribution is 0.0435. The van der Waals surface area contributed by atoms with Gasteiger partial charge in [-0.15, -0.1) is 35.7 Å². The summed E-state index contributed by atoms with van der Waals surface area (Å²) in [6.07, 6.45) is 3.63. The van der Waals surface area contributed by atoms with Crippen LogP contribution in [0, 0.1) is 0 Å². The molecule has 0 aliphatic rings. The van der Waals surface area contributed by atoms with Crippen molar-refractivity contribution in [3.8, 4) is 0 Å². The van der Waals surface area contributed by atoms with E-state index in [4.69, 9.17) is 4.42 Å². The molecule has 1 aromatic carbocycles. The van der Waals surface area contributed by atoms with Crippen LogP contribution in [0.2, 0.25) is 0 Å². The zero-order valence-electron chi connectivity index (χ0n) is 15.7. The smallest absolute Gasteiger partial charge is 0.194 e. The molecule has 0 aliphatic carbocycles. The van der Waals surface area contributed by atoms with E-state index < -0.39 is 5.60 Å². The van der Waals surface area contributed by atoms with Crippen molar-refractivity contribution in [2.24, 2.45) is 4.99 Å². The normalized spacial score (nSPS) is 13.7. The monoisotopic (exact) mass is 489 g/mol. The molecule has 1 unspecified atom stereocenters. The Morgan fingerprint density at radius 1 is 1.31 bits per heavy atom. The van der Waals surface area contributed by atoms with Gasteiger partial charge in [0.05, 0.1) is 12.8 Å². The first-order valence-corrected chi connectivity index (χ1v) is 9.57. The van der Waals surface area contributed by atoms with Crippen molar-refractivity contribution in [3.05, 3.63) is 54.0 Å². The number of hydrogen-bond donors (Lipinski definition) is 2. The van der Waals surface area contributed by atoms with Crippen LogP contribution < -0.4 is 5.32 Å². The van der Waals surface area contributed by atoms with E-state index in [1.54, 1.807) is 37.1 Å². The summed E-state index contributed by atoms with van der Waals surface area (Å²) in [5, 5.41) is 13.8. The molecule has 5 nitrogen and oxygen atoms in total. The van der Waals surface area contributed by atoms with Gasteiger partial charge in [0, 0.05) is 25.0 Å². The van der Waals surface area contributed by atoms with Gasteiger partial charge in [-0.3, -0.25) is 0 Å². The van der Waals surface area contributed by atoms with E-state index in [0.717, 1.165) is 19.0 Å². The molecule has 0 aliphatic heterocycles. The Balaban J connectivity index is 0.00000338. The first-order valence-electron chi connectivity index (χ1n) is 8.35. The molecule has 2 N–H and O–H groups in total. The summed E-state index contributed by atoms with van der Waals surface area (Å²) in [5.74, 6) is 1.27. The minimum atomic E-state index is -1.13. The van der Waals surface area contributed by atoms with E-state index in [1.165, 1.54) is 10.5 Å². The van der Waals surface area contributed by atoms with E-state index >= 15 is 0 Å². The van der Waals surface area contributed by atoms with Crippen molar-refractivity contribution < 1.29 is 9.52 Å². The Kier molecular flexibility index (Phi) is 9.52. The number of rotatable bonds is 7. The molecule has 0 spiro atoms. The molecule has 0 saturated heterocycles. The third-order valence-corrected chi connectivity index (χ3v) is 4.61. The molecular formula is C19H28IN3O2S. The lowest BCUT2D eigenvalue weighted by Gasteiger charge is -2.24. The van der Waals surface area contributed by atoms with Gasteiger partial charge in [0.15, 0.2) is 5.96 Å². The predicted octanol–water partition coefficient (Wildman–Crippen LogP) is 3.92. The van der Waals surface area contributed by atoms with Gasteiger partial charge in [-0.1, -0.05) is 12.1 Å². The number of aliphatic imine (C=N–C) groups is 1. The molecule has 0 saturated carbocycles. The molecule has 144 valence electrons. The summed E-state index contributed by atoms with van der Waals surface area (Å²) in [6.45, 7) is 5.46. The van der Waals surface area contributed by atoms with Gasteiger partial charge in [-0.25, -0.2) is 4.99 Å². The van der Waals surface area contributed by atoms with Crippen LogP contribution in [-0.2, 0) is 12.1 Å². The Morgan fingerprint density at radius 2 is 2.00 bits per heavy atom. The van der Waals surface area contributed by atoms with Crippen molar-refractivity contribution in [2.75, 3.05) is 26.4 Å².